The standard InChI is InChI=1S/C25H25FN2O/c26-22-13-11-20(12-14-22)16-23-9-4-10-24(27-23)21-8-5-15-28(18-21)25(29)17-19-6-2-1-3-7-19/h1-4,6-7,9-14,21H,5,8,15-18H2/t21-/m1/s1. The molecule has 1 amide bonds. The molecule has 1 atom stereocenters. The first-order valence-corrected chi connectivity index (χ1v) is 10.2. The zero-order valence-electron chi connectivity index (χ0n) is 16.4. The zero-order chi connectivity index (χ0) is 20.1. The molecule has 148 valence electrons. The number of benzene rings is 2. The number of pyridine rings is 1. The van der Waals surface area contributed by atoms with E-state index >= 15 is 0 Å². The molecule has 29 heavy (non-hydrogen) atoms. The van der Waals surface area contributed by atoms with Crippen molar-refractivity contribution >= 4 is 5.91 Å². The minimum absolute atomic E-state index is 0.184. The molecule has 2 heterocycles. The third kappa shape index (κ3) is 5.08. The van der Waals surface area contributed by atoms with Crippen LogP contribution in [0.5, 0.6) is 0 Å². The number of nitrogens with zero attached hydrogens (tertiary/aromatic N) is 2. The number of amides is 1. The number of aromatic nitrogens is 1. The van der Waals surface area contributed by atoms with Crippen LogP contribution in [0, 0.1) is 5.82 Å². The topological polar surface area (TPSA) is 33.2 Å². The molecule has 3 nitrogen and oxygen atoms in total. The van der Waals surface area contributed by atoms with E-state index in [1.807, 2.05) is 47.4 Å². The van der Waals surface area contributed by atoms with Gasteiger partial charge >= 0.3 is 0 Å². The molecule has 1 aromatic heterocycles. The first-order valence-electron chi connectivity index (χ1n) is 10.2. The van der Waals surface area contributed by atoms with Gasteiger partial charge in [-0.05, 0) is 48.2 Å². The summed E-state index contributed by atoms with van der Waals surface area (Å²) in [5.74, 6) is 0.220. The van der Waals surface area contributed by atoms with E-state index in [1.54, 1.807) is 12.1 Å². The summed E-state index contributed by atoms with van der Waals surface area (Å²) < 4.78 is 13.1. The van der Waals surface area contributed by atoms with E-state index in [1.165, 1.54) is 12.1 Å². The van der Waals surface area contributed by atoms with Gasteiger partial charge in [-0.2, -0.15) is 0 Å². The minimum Gasteiger partial charge on any atom is -0.342 e. The number of hydrogen-bond acceptors (Lipinski definition) is 2. The molecule has 4 heteroatoms. The second-order valence-electron chi connectivity index (χ2n) is 7.70. The molecule has 4 rings (SSSR count). The van der Waals surface area contributed by atoms with Crippen LogP contribution in [0.15, 0.2) is 72.8 Å². The lowest BCUT2D eigenvalue weighted by Gasteiger charge is -2.32. The molecule has 0 unspecified atom stereocenters. The lowest BCUT2D eigenvalue weighted by Crippen LogP contribution is -2.40. The highest BCUT2D eigenvalue weighted by molar-refractivity contribution is 5.79. The Labute approximate surface area is 171 Å². The Morgan fingerprint density at radius 2 is 1.76 bits per heavy atom. The zero-order valence-corrected chi connectivity index (χ0v) is 16.4. The second-order valence-corrected chi connectivity index (χ2v) is 7.70. The van der Waals surface area contributed by atoms with Gasteiger partial charge in [0.05, 0.1) is 6.42 Å². The fourth-order valence-corrected chi connectivity index (χ4v) is 3.96. The van der Waals surface area contributed by atoms with Crippen molar-refractivity contribution in [2.45, 2.75) is 31.6 Å². The third-order valence-electron chi connectivity index (χ3n) is 5.52. The predicted molar refractivity (Wildman–Crippen MR) is 112 cm³/mol. The van der Waals surface area contributed by atoms with Crippen LogP contribution < -0.4 is 0 Å². The highest BCUT2D eigenvalue weighted by Gasteiger charge is 2.25. The van der Waals surface area contributed by atoms with E-state index in [0.717, 1.165) is 48.4 Å². The van der Waals surface area contributed by atoms with E-state index < -0.39 is 0 Å². The molecular formula is C25H25FN2O. The first-order chi connectivity index (χ1) is 14.2. The smallest absolute Gasteiger partial charge is 0.227 e. The van der Waals surface area contributed by atoms with Crippen LogP contribution >= 0.6 is 0 Å². The molecule has 2 aromatic carbocycles. The van der Waals surface area contributed by atoms with Gasteiger partial charge in [-0.1, -0.05) is 48.5 Å². The molecule has 1 aliphatic heterocycles. The number of hydrogen-bond donors (Lipinski definition) is 0. The third-order valence-corrected chi connectivity index (χ3v) is 5.52. The monoisotopic (exact) mass is 388 g/mol. The number of piperidine rings is 1. The van der Waals surface area contributed by atoms with Crippen LogP contribution in [0.25, 0.3) is 0 Å². The van der Waals surface area contributed by atoms with E-state index in [2.05, 4.69) is 6.07 Å². The first kappa shape index (κ1) is 19.3. The van der Waals surface area contributed by atoms with E-state index in [-0.39, 0.29) is 17.6 Å². The van der Waals surface area contributed by atoms with Crippen molar-refractivity contribution < 1.29 is 9.18 Å². The van der Waals surface area contributed by atoms with Crippen LogP contribution in [0.4, 0.5) is 4.39 Å². The molecule has 0 N–H and O–H groups in total. The van der Waals surface area contributed by atoms with Crippen LogP contribution in [0.2, 0.25) is 0 Å². The number of likely N-dealkylation sites (tertiary alicyclic amines) is 1. The Balaban J connectivity index is 1.42. The Kier molecular flexibility index (Phi) is 5.99. The van der Waals surface area contributed by atoms with Gasteiger partial charge in [0.2, 0.25) is 5.91 Å². The van der Waals surface area contributed by atoms with E-state index in [4.69, 9.17) is 4.98 Å². The maximum atomic E-state index is 13.1. The van der Waals surface area contributed by atoms with E-state index in [0.29, 0.717) is 12.8 Å². The molecule has 0 saturated carbocycles. The Morgan fingerprint density at radius 3 is 2.55 bits per heavy atom. The summed E-state index contributed by atoms with van der Waals surface area (Å²) in [4.78, 5) is 19.6. The summed E-state index contributed by atoms with van der Waals surface area (Å²) in [5, 5.41) is 0. The van der Waals surface area contributed by atoms with Crippen molar-refractivity contribution in [3.05, 3.63) is 101 Å². The van der Waals surface area contributed by atoms with Crippen molar-refractivity contribution in [2.24, 2.45) is 0 Å². The maximum absolute atomic E-state index is 13.1. The number of carbonyl (C=O) groups excluding carboxylic acids is 1. The van der Waals surface area contributed by atoms with Crippen molar-refractivity contribution in [3.63, 3.8) is 0 Å². The summed E-state index contributed by atoms with van der Waals surface area (Å²) in [7, 11) is 0. The summed E-state index contributed by atoms with van der Waals surface area (Å²) in [6.45, 7) is 1.54. The molecule has 3 aromatic rings. The van der Waals surface area contributed by atoms with Gasteiger partial charge in [0.25, 0.3) is 0 Å². The quantitative estimate of drug-likeness (QED) is 0.631. The molecule has 0 aliphatic carbocycles. The van der Waals surface area contributed by atoms with Gasteiger partial charge in [0, 0.05) is 36.8 Å². The summed E-state index contributed by atoms with van der Waals surface area (Å²) in [6.07, 6.45) is 3.17. The van der Waals surface area contributed by atoms with Crippen LogP contribution in [-0.2, 0) is 17.6 Å². The molecule has 1 aliphatic rings. The van der Waals surface area contributed by atoms with Crippen molar-refractivity contribution in [3.8, 4) is 0 Å². The van der Waals surface area contributed by atoms with Crippen LogP contribution in [0.1, 0.15) is 41.3 Å². The Morgan fingerprint density at radius 1 is 0.966 bits per heavy atom. The van der Waals surface area contributed by atoms with Gasteiger partial charge in [-0.3, -0.25) is 9.78 Å². The van der Waals surface area contributed by atoms with Gasteiger partial charge in [0.15, 0.2) is 0 Å². The molecular weight excluding hydrogens is 363 g/mol. The van der Waals surface area contributed by atoms with Crippen molar-refractivity contribution in [2.75, 3.05) is 13.1 Å². The van der Waals surface area contributed by atoms with Gasteiger partial charge in [-0.15, -0.1) is 0 Å². The highest BCUT2D eigenvalue weighted by Crippen LogP contribution is 2.26. The lowest BCUT2D eigenvalue weighted by atomic mass is 9.93. The van der Waals surface area contributed by atoms with Crippen molar-refractivity contribution in [1.82, 2.24) is 9.88 Å². The number of rotatable bonds is 5. The second kappa shape index (κ2) is 8.99. The molecule has 1 fully saturated rings. The fraction of sp³-hybridized carbons (Fsp3) is 0.280. The van der Waals surface area contributed by atoms with Gasteiger partial charge < -0.3 is 4.90 Å². The molecule has 0 spiro atoms. The maximum Gasteiger partial charge on any atom is 0.227 e. The SMILES string of the molecule is O=C(Cc1ccccc1)N1CCC[C@@H](c2cccc(Cc3ccc(F)cc3)n2)C1. The lowest BCUT2D eigenvalue weighted by molar-refractivity contribution is -0.131. The highest BCUT2D eigenvalue weighted by atomic mass is 19.1. The van der Waals surface area contributed by atoms with E-state index in [9.17, 15) is 9.18 Å². The van der Waals surface area contributed by atoms with Gasteiger partial charge in [-0.25, -0.2) is 4.39 Å². The largest absolute Gasteiger partial charge is 0.342 e. The average molecular weight is 388 g/mol. The van der Waals surface area contributed by atoms with Crippen molar-refractivity contribution in [1.29, 1.82) is 0 Å². The Bertz CT molecular complexity index is 956. The summed E-state index contributed by atoms with van der Waals surface area (Å²) in [6, 6.07) is 22.6. The van der Waals surface area contributed by atoms with Gasteiger partial charge in [0.1, 0.15) is 5.82 Å². The minimum atomic E-state index is -0.224. The molecule has 1 saturated heterocycles. The predicted octanol–water partition coefficient (Wildman–Crippen LogP) is 4.76. The average Bonchev–Trinajstić information content (AvgIpc) is 2.76. The fourth-order valence-electron chi connectivity index (χ4n) is 3.96. The Hall–Kier alpha value is -3.01. The molecule has 0 radical (unpaired) electrons. The number of halogens is 1. The van der Waals surface area contributed by atoms with Crippen LogP contribution in [0.3, 0.4) is 0 Å². The van der Waals surface area contributed by atoms with Crippen LogP contribution in [-0.4, -0.2) is 28.9 Å². The molecule has 0 bridgehead atoms. The summed E-state index contributed by atoms with van der Waals surface area (Å²) >= 11 is 0. The number of carbonyl (C=O) groups is 1. The summed E-state index contributed by atoms with van der Waals surface area (Å²) in [5.41, 5.74) is 4.11. The normalized spacial score (nSPS) is 16.6.